The zero-order valence-electron chi connectivity index (χ0n) is 44.5. The van der Waals surface area contributed by atoms with E-state index in [-0.39, 0.29) is 0 Å². The van der Waals surface area contributed by atoms with Gasteiger partial charge in [0.05, 0.1) is 0 Å². The molecule has 17 heteroatoms. The zero-order valence-corrected chi connectivity index (χ0v) is 49.2. The molecule has 0 atom stereocenters. The van der Waals surface area contributed by atoms with Crippen molar-refractivity contribution in [2.24, 2.45) is 0 Å². The van der Waals surface area contributed by atoms with Crippen molar-refractivity contribution in [3.05, 3.63) is 108 Å². The molecule has 10 bridgehead atoms. The molecule has 0 unspecified atom stereocenters. The summed E-state index contributed by atoms with van der Waals surface area (Å²) in [4.78, 5) is 14.9. The number of nitrogens with zero attached hydrogens (tertiary/aromatic N) is 2. The van der Waals surface area contributed by atoms with Gasteiger partial charge in [-0.05, 0) is 0 Å². The van der Waals surface area contributed by atoms with Gasteiger partial charge in [0.1, 0.15) is 0 Å². The first-order valence-corrected chi connectivity index (χ1v) is 28.6. The Bertz CT molecular complexity index is 3790. The Morgan fingerprint density at radius 2 is 0.532 bits per heavy atom. The maximum atomic E-state index is 5.99. The van der Waals surface area contributed by atoms with Crippen molar-refractivity contribution in [1.82, 2.24) is 15.0 Å². The number of benzene rings is 4. The van der Waals surface area contributed by atoms with Crippen molar-refractivity contribution in [3.8, 4) is 114 Å². The van der Waals surface area contributed by atoms with E-state index in [9.17, 15) is 0 Å². The molecule has 0 saturated heterocycles. The number of nitrogens with one attached hydrogen (secondary N) is 1. The van der Waals surface area contributed by atoms with Gasteiger partial charge in [0.15, 0.2) is 0 Å². The van der Waals surface area contributed by atoms with Gasteiger partial charge in [-0.2, -0.15) is 0 Å². The normalized spacial score (nSPS) is 11.5. The zero-order chi connectivity index (χ0) is 54.1. The Hall–Kier alpha value is -7.66. The molecule has 2 aliphatic rings. The fourth-order valence-corrected chi connectivity index (χ4v) is 16.4. The summed E-state index contributed by atoms with van der Waals surface area (Å²) in [7, 11) is 19.4. The number of hydrogen-bond acceptors (Lipinski definition) is 14. The number of H-pyrrole nitrogens is 1. The van der Waals surface area contributed by atoms with Gasteiger partial charge < -0.3 is 0 Å². The van der Waals surface area contributed by atoms with Crippen molar-refractivity contribution in [2.75, 3.05) is 85.3 Å². The van der Waals surface area contributed by atoms with E-state index in [1.807, 2.05) is 48.5 Å². The molecule has 8 aromatic rings. The Morgan fingerprint density at radius 1 is 0.286 bits per heavy atom. The minimum atomic E-state index is -1.25. The molecular weight excluding hydrogens is 1210 g/mol. The number of methoxy groups -OCH3 is 12. The van der Waals surface area contributed by atoms with Gasteiger partial charge in [0.2, 0.25) is 0 Å². The molecule has 1 N–H and O–H groups in total. The van der Waals surface area contributed by atoms with Crippen LogP contribution >= 0.6 is 0 Å². The summed E-state index contributed by atoms with van der Waals surface area (Å²) in [5.41, 5.74) is 11.9. The summed E-state index contributed by atoms with van der Waals surface area (Å²) in [5.74, 6) is 6.10. The van der Waals surface area contributed by atoms with E-state index in [2.05, 4.69) is 65.7 Å². The van der Waals surface area contributed by atoms with Gasteiger partial charge in [-0.1, -0.05) is 0 Å². The molecule has 6 heterocycles. The molecule has 4 aromatic heterocycles. The van der Waals surface area contributed by atoms with Crippen LogP contribution in [-0.2, 0) is 0 Å². The third-order valence-corrected chi connectivity index (χ3v) is 19.7. The van der Waals surface area contributed by atoms with Gasteiger partial charge in [0, 0.05) is 0 Å². The summed E-state index contributed by atoms with van der Waals surface area (Å²) in [5, 5.41) is 0. The van der Waals surface area contributed by atoms with E-state index in [4.69, 9.17) is 66.8 Å². The van der Waals surface area contributed by atoms with Crippen LogP contribution in [0.15, 0.2) is 84.9 Å². The van der Waals surface area contributed by atoms with Crippen LogP contribution in [0, 0.1) is 0 Å². The average molecular weight is 1270 g/mol. The molecule has 0 saturated carbocycles. The molecule has 15 nitrogen and oxygen atoms in total. The van der Waals surface area contributed by atoms with Crippen LogP contribution in [-0.4, -0.2) is 141 Å². The molecule has 0 fully saturated rings. The van der Waals surface area contributed by atoms with Gasteiger partial charge in [-0.15, -0.1) is 0 Å². The van der Waals surface area contributed by atoms with E-state index in [1.54, 1.807) is 85.3 Å². The molecule has 10 rings (SSSR count). The number of hydrogen-bond donors (Lipinski definition) is 1. The third-order valence-electron chi connectivity index (χ3n) is 13.3. The fraction of sp³-hybridized carbons (Fsp3) is 0.200. The summed E-state index contributed by atoms with van der Waals surface area (Å²) >= 11 is -2.48. The Labute approximate surface area is 465 Å². The van der Waals surface area contributed by atoms with Gasteiger partial charge in [-0.25, -0.2) is 0 Å². The van der Waals surface area contributed by atoms with E-state index >= 15 is 0 Å². The second-order valence-corrected chi connectivity index (χ2v) is 23.4. The maximum absolute atomic E-state index is 5.99. The molecule has 394 valence electrons. The Kier molecular flexibility index (Phi) is 15.4. The van der Waals surface area contributed by atoms with Crippen LogP contribution in [0.25, 0.3) is 93.5 Å². The Balaban J connectivity index is 1.43. The number of fused-ring (bicyclic) bond motifs is 11. The van der Waals surface area contributed by atoms with E-state index in [0.717, 1.165) is 91.9 Å². The number of rotatable bonds is 16. The summed E-state index contributed by atoms with van der Waals surface area (Å²) in [6.07, 6.45) is 8.29. The number of aromatic amines is 1. The first-order valence-electron chi connectivity index (χ1n) is 24.0. The van der Waals surface area contributed by atoms with Crippen molar-refractivity contribution in [3.63, 3.8) is 0 Å². The van der Waals surface area contributed by atoms with Crippen LogP contribution in [0.2, 0.25) is 0 Å². The fourth-order valence-electron chi connectivity index (χ4n) is 9.78. The summed E-state index contributed by atoms with van der Waals surface area (Å²) < 4.78 is 75.5. The third kappa shape index (κ3) is 9.56. The summed E-state index contributed by atoms with van der Waals surface area (Å²) in [6, 6.07) is 28.9. The topological polar surface area (TPSA) is 152 Å². The van der Waals surface area contributed by atoms with Crippen molar-refractivity contribution in [2.45, 2.75) is 0 Å². The first kappa shape index (κ1) is 52.8. The van der Waals surface area contributed by atoms with Gasteiger partial charge in [0.25, 0.3) is 0 Å². The monoisotopic (exact) mass is 1270 g/mol. The number of aromatic nitrogens is 3. The van der Waals surface area contributed by atoms with Crippen LogP contribution in [0.5, 0.6) is 69.0 Å². The molecule has 2 aliphatic heterocycles. The van der Waals surface area contributed by atoms with Gasteiger partial charge in [-0.3, -0.25) is 0 Å². The minimum absolute atomic E-state index is 0.481. The molecule has 0 radical (unpaired) electrons. The van der Waals surface area contributed by atoms with Crippen LogP contribution in [0.4, 0.5) is 0 Å². The molecule has 0 amide bonds. The van der Waals surface area contributed by atoms with Crippen LogP contribution in [0.1, 0.15) is 22.8 Å². The summed E-state index contributed by atoms with van der Waals surface area (Å²) in [6.45, 7) is 0. The number of ether oxygens (including phenoxy) is 12. The van der Waals surface area contributed by atoms with E-state index in [1.165, 1.54) is 0 Å². The van der Waals surface area contributed by atoms with E-state index in [0.29, 0.717) is 69.0 Å². The van der Waals surface area contributed by atoms with Crippen molar-refractivity contribution < 1.29 is 56.8 Å². The predicted molar refractivity (Wildman–Crippen MR) is 305 cm³/mol. The van der Waals surface area contributed by atoms with Gasteiger partial charge >= 0.3 is 468 Å². The van der Waals surface area contributed by atoms with Crippen LogP contribution < -0.4 is 56.8 Å². The molecule has 77 heavy (non-hydrogen) atoms. The van der Waals surface area contributed by atoms with E-state index < -0.39 is 40.9 Å². The second-order valence-electron chi connectivity index (χ2n) is 17.2. The quantitative estimate of drug-likeness (QED) is 0.0913. The molecule has 0 aliphatic carbocycles. The molecule has 0 spiro atoms. The first-order chi connectivity index (χ1) is 37.6. The van der Waals surface area contributed by atoms with Crippen molar-refractivity contribution in [1.29, 1.82) is 0 Å². The van der Waals surface area contributed by atoms with Crippen LogP contribution in [0.3, 0.4) is 0 Å². The van der Waals surface area contributed by atoms with Crippen molar-refractivity contribution >= 4 is 89.8 Å². The standard InChI is InChI=1S/C60H55N3O12Te2/c1-64-41-23-31(24-42(65-2)57(41)72-9)53-37-15-13-35(61-37)36-14-16-38(62-36)54(32-25-43(66-3)58(73-10)44(26-32)67-4)50-20-22-52(77-50)56(34-29-47(70-7)60(75-12)48(30-34)71-8)40-18-17-39(63-40)55(51-21-19-49(53)76-51)33-27-45(68-5)59(74-11)46(28-33)69-6/h13-30,61H,1-12H3. The predicted octanol–water partition coefficient (Wildman–Crippen LogP) is 11.9. The Morgan fingerprint density at radius 3 is 0.818 bits per heavy atom. The average Bonchev–Trinajstić information content (AvgIpc) is 4.46. The second kappa shape index (κ2) is 22.5. The molecular formula is C60H55N3O12Te2. The SMILES string of the molecule is COc1cc(-c2c3nc(c(-c4cc(OC)c(OC)c(OC)c4)c4ccc([te]4)c(-c4cc(OC)c(OC)c(OC)c4)c4ccc([nH]4)c4nc(c(-c5cc(OC)c(OC)c(OC)c5)c5ccc2[te]5)C=C4)C=C3)cc(OC)c1OC. The molecule has 4 aromatic carbocycles.